The highest BCUT2D eigenvalue weighted by Crippen LogP contribution is 2.55. The molecule has 47 heavy (non-hydrogen) atoms. The molecule has 1 aromatic rings. The zero-order chi connectivity index (χ0) is 36.0. The van der Waals surface area contributed by atoms with Crippen LogP contribution in [-0.2, 0) is 33.5 Å². The van der Waals surface area contributed by atoms with Gasteiger partial charge in [-0.25, -0.2) is 28.8 Å². The van der Waals surface area contributed by atoms with Crippen molar-refractivity contribution in [3.8, 4) is 28.7 Å². The van der Waals surface area contributed by atoms with Crippen LogP contribution in [0.3, 0.4) is 0 Å². The number of carbonyl (C=O) groups excluding carboxylic acids is 6. The summed E-state index contributed by atoms with van der Waals surface area (Å²) in [5, 5.41) is 95.1. The van der Waals surface area contributed by atoms with Crippen molar-refractivity contribution >= 4 is 41.9 Å². The number of rotatable bonds is 17. The number of aliphatic hydroxyl groups excluding tert-OH is 10. The summed E-state index contributed by atoms with van der Waals surface area (Å²) in [5.74, 6) is -17.8. The zero-order valence-electron chi connectivity index (χ0n) is 23.9. The normalized spacial score (nSPS) is 14.3. The first kappa shape index (κ1) is 40.4. The summed E-state index contributed by atoms with van der Waals surface area (Å²) >= 11 is 0. The summed E-state index contributed by atoms with van der Waals surface area (Å²) in [7, 11) is 0.867. The lowest BCUT2D eigenvalue weighted by Crippen LogP contribution is -2.34. The third-order valence-corrected chi connectivity index (χ3v) is 5.14. The summed E-state index contributed by atoms with van der Waals surface area (Å²) in [6.45, 7) is -6.69. The minimum absolute atomic E-state index is 0.471. The van der Waals surface area contributed by atoms with Crippen molar-refractivity contribution in [2.75, 3.05) is 40.1 Å². The van der Waals surface area contributed by atoms with Gasteiger partial charge < -0.3 is 79.5 Å². The van der Waals surface area contributed by atoms with E-state index in [1.807, 2.05) is 0 Å². The second-order valence-electron chi connectivity index (χ2n) is 8.51. The quantitative estimate of drug-likeness (QED) is 0.0414. The highest BCUT2D eigenvalue weighted by molar-refractivity contribution is 5.95. The van der Waals surface area contributed by atoms with E-state index in [1.165, 1.54) is 0 Å². The maximum atomic E-state index is 12.6. The fraction of sp³-hybridized carbons (Fsp3) is 0.440. The largest absolute Gasteiger partial charge is 0.466 e. The van der Waals surface area contributed by atoms with Gasteiger partial charge in [0, 0.05) is 6.08 Å². The van der Waals surface area contributed by atoms with Crippen LogP contribution in [0.1, 0.15) is 5.56 Å². The van der Waals surface area contributed by atoms with E-state index >= 15 is 0 Å². The second kappa shape index (κ2) is 19.1. The minimum atomic E-state index is -2.45. The first-order chi connectivity index (χ1) is 22.1. The molecule has 0 bridgehead atoms. The Balaban J connectivity index is 4.62. The van der Waals surface area contributed by atoms with Crippen molar-refractivity contribution in [3.63, 3.8) is 0 Å². The predicted molar refractivity (Wildman–Crippen MR) is 141 cm³/mol. The Morgan fingerprint density at radius 2 is 0.723 bits per heavy atom. The molecule has 0 heterocycles. The molecule has 0 aromatic heterocycles. The lowest BCUT2D eigenvalue weighted by molar-refractivity contribution is -0.151. The molecule has 0 radical (unpaired) electrons. The number of benzene rings is 1. The summed E-state index contributed by atoms with van der Waals surface area (Å²) < 4.78 is 29.0. The van der Waals surface area contributed by atoms with Gasteiger partial charge in [0.15, 0.2) is 42.0 Å². The van der Waals surface area contributed by atoms with Crippen LogP contribution in [0.15, 0.2) is 6.08 Å². The fourth-order valence-electron chi connectivity index (χ4n) is 2.72. The van der Waals surface area contributed by atoms with Crippen LogP contribution in [0.4, 0.5) is 0 Å². The highest BCUT2D eigenvalue weighted by atomic mass is 16.6. The molecule has 0 aliphatic heterocycles. The molecule has 22 nitrogen and oxygen atoms in total. The SMILES string of the molecule is COC(=O)C=Cc1c(OC(=O)C(O)CO)c(OC(=O)C(O)CO)c(OC(=O)C(O)CO)c(OC(=O)C(O)CO)c1OC(=O)C(O)CO. The third-order valence-electron chi connectivity index (χ3n) is 5.14. The molecule has 0 spiro atoms. The van der Waals surface area contributed by atoms with Crippen molar-refractivity contribution in [2.24, 2.45) is 0 Å². The number of hydrogen-bond donors (Lipinski definition) is 10. The molecule has 262 valence electrons. The molecule has 1 rings (SSSR count). The van der Waals surface area contributed by atoms with Crippen LogP contribution in [0.25, 0.3) is 6.08 Å². The van der Waals surface area contributed by atoms with Gasteiger partial charge in [-0.1, -0.05) is 0 Å². The van der Waals surface area contributed by atoms with Gasteiger partial charge in [0.05, 0.1) is 45.7 Å². The number of methoxy groups -OCH3 is 1. The van der Waals surface area contributed by atoms with Gasteiger partial charge in [-0.3, -0.25) is 0 Å². The lowest BCUT2D eigenvalue weighted by atomic mass is 10.1. The van der Waals surface area contributed by atoms with Crippen LogP contribution in [0.5, 0.6) is 28.7 Å². The molecule has 5 unspecified atom stereocenters. The van der Waals surface area contributed by atoms with Crippen LogP contribution >= 0.6 is 0 Å². The van der Waals surface area contributed by atoms with Gasteiger partial charge in [-0.2, -0.15) is 0 Å². The molecule has 1 aromatic carbocycles. The summed E-state index contributed by atoms with van der Waals surface area (Å²) in [6, 6.07) is 0. The average Bonchev–Trinajstić information content (AvgIpc) is 3.07. The molecule has 0 aliphatic carbocycles. The Bertz CT molecular complexity index is 1260. The third kappa shape index (κ3) is 11.0. The first-order valence-electron chi connectivity index (χ1n) is 12.6. The van der Waals surface area contributed by atoms with Gasteiger partial charge in [0.2, 0.25) is 17.2 Å². The molecule has 22 heteroatoms. The number of ether oxygens (including phenoxy) is 6. The minimum Gasteiger partial charge on any atom is -0.466 e. The van der Waals surface area contributed by atoms with E-state index in [4.69, 9.17) is 23.7 Å². The summed E-state index contributed by atoms with van der Waals surface area (Å²) in [5.41, 5.74) is -1.07. The van der Waals surface area contributed by atoms with Crippen molar-refractivity contribution < 1.29 is 108 Å². The van der Waals surface area contributed by atoms with E-state index in [2.05, 4.69) is 4.74 Å². The average molecular weight is 682 g/mol. The molecule has 0 amide bonds. The van der Waals surface area contributed by atoms with E-state index in [0.29, 0.717) is 12.2 Å². The van der Waals surface area contributed by atoms with E-state index in [-0.39, 0.29) is 0 Å². The topological polar surface area (TPSA) is 360 Å². The number of carbonyl (C=O) groups is 6. The van der Waals surface area contributed by atoms with Gasteiger partial charge in [0.1, 0.15) is 0 Å². The molecule has 0 saturated carbocycles. The van der Waals surface area contributed by atoms with Crippen molar-refractivity contribution in [3.05, 3.63) is 11.6 Å². The molecule has 0 aliphatic rings. The predicted octanol–water partition coefficient (Wildman–Crippen LogP) is -6.83. The summed E-state index contributed by atoms with van der Waals surface area (Å²) in [6.07, 6.45) is -11.1. The van der Waals surface area contributed by atoms with Gasteiger partial charge in [0.25, 0.3) is 0 Å². The fourth-order valence-corrected chi connectivity index (χ4v) is 2.72. The number of aliphatic hydroxyl groups is 10. The Morgan fingerprint density at radius 1 is 0.489 bits per heavy atom. The molecule has 5 atom stereocenters. The Kier molecular flexibility index (Phi) is 16.4. The van der Waals surface area contributed by atoms with Crippen LogP contribution < -0.4 is 23.7 Å². The van der Waals surface area contributed by atoms with Crippen LogP contribution in [0, 0.1) is 0 Å². The molecule has 0 fully saturated rings. The Morgan fingerprint density at radius 3 is 0.957 bits per heavy atom. The zero-order valence-corrected chi connectivity index (χ0v) is 23.9. The molecular formula is C25H30O22. The second-order valence-corrected chi connectivity index (χ2v) is 8.51. The smallest absolute Gasteiger partial charge is 0.343 e. The monoisotopic (exact) mass is 682 g/mol. The molecule has 10 N–H and O–H groups in total. The molecular weight excluding hydrogens is 652 g/mol. The lowest BCUT2D eigenvalue weighted by Gasteiger charge is -2.24. The highest BCUT2D eigenvalue weighted by Gasteiger charge is 2.38. The van der Waals surface area contributed by atoms with E-state index in [0.717, 1.165) is 7.11 Å². The van der Waals surface area contributed by atoms with Crippen molar-refractivity contribution in [1.82, 2.24) is 0 Å². The summed E-state index contributed by atoms with van der Waals surface area (Å²) in [4.78, 5) is 74.9. The first-order valence-corrected chi connectivity index (χ1v) is 12.6. The Labute approximate surface area is 261 Å². The Hall–Kier alpha value is -4.62. The van der Waals surface area contributed by atoms with Crippen molar-refractivity contribution in [2.45, 2.75) is 30.5 Å². The van der Waals surface area contributed by atoms with E-state index in [9.17, 15) is 79.8 Å². The van der Waals surface area contributed by atoms with Gasteiger partial charge in [-0.15, -0.1) is 0 Å². The van der Waals surface area contributed by atoms with Gasteiger partial charge >= 0.3 is 35.8 Å². The maximum absolute atomic E-state index is 12.6. The van der Waals surface area contributed by atoms with Crippen LogP contribution in [0.2, 0.25) is 0 Å². The van der Waals surface area contributed by atoms with E-state index in [1.54, 1.807) is 0 Å². The maximum Gasteiger partial charge on any atom is 0.343 e. The molecule has 0 saturated heterocycles. The van der Waals surface area contributed by atoms with Crippen LogP contribution in [-0.4, -0.2) is 158 Å². The van der Waals surface area contributed by atoms with E-state index < -0.39 is 134 Å². The number of esters is 6. The van der Waals surface area contributed by atoms with Crippen molar-refractivity contribution in [1.29, 1.82) is 0 Å². The number of hydrogen-bond acceptors (Lipinski definition) is 22. The van der Waals surface area contributed by atoms with Gasteiger partial charge in [-0.05, 0) is 6.08 Å². The standard InChI is InChI=1S/C25H30O22/c1-42-15(36)3-2-9-16(43-21(37)10(31)4-26)18(45-23(39)12(33)6-28)20(47-25(41)14(35)8-30)19(46-24(40)13(34)7-29)17(9)44-22(38)11(32)5-27/h2-3,10-14,26-35H,4-8H2,1H3.